The number of rotatable bonds is 1. The van der Waals surface area contributed by atoms with E-state index < -0.39 is 5.60 Å². The van der Waals surface area contributed by atoms with Gasteiger partial charge in [0, 0.05) is 25.7 Å². The summed E-state index contributed by atoms with van der Waals surface area (Å²) in [6, 6.07) is -0.172. The Bertz CT molecular complexity index is 397. The van der Waals surface area contributed by atoms with E-state index in [-0.39, 0.29) is 24.1 Å². The van der Waals surface area contributed by atoms with E-state index in [2.05, 4.69) is 0 Å². The van der Waals surface area contributed by atoms with Crippen LogP contribution in [0.4, 0.5) is 4.79 Å². The Morgan fingerprint density at radius 1 is 1.10 bits per heavy atom. The van der Waals surface area contributed by atoms with Crippen molar-refractivity contribution in [2.24, 2.45) is 5.73 Å². The van der Waals surface area contributed by atoms with Crippen molar-refractivity contribution in [2.45, 2.75) is 64.1 Å². The second-order valence-electron chi connectivity index (χ2n) is 6.99. The summed E-state index contributed by atoms with van der Waals surface area (Å²) in [6.07, 6.45) is 2.87. The SMILES string of the molecule is CC(C)(C)OC(=O)N1CCCC1C(=O)N1CCC(N)CC1. The van der Waals surface area contributed by atoms with Crippen molar-refractivity contribution in [1.82, 2.24) is 9.80 Å². The highest BCUT2D eigenvalue weighted by atomic mass is 16.6. The number of ether oxygens (including phenoxy) is 1. The molecule has 0 radical (unpaired) electrons. The molecule has 0 spiro atoms. The Labute approximate surface area is 126 Å². The van der Waals surface area contributed by atoms with E-state index in [4.69, 9.17) is 10.5 Å². The molecule has 6 nitrogen and oxygen atoms in total. The maximum Gasteiger partial charge on any atom is 0.410 e. The molecule has 2 amide bonds. The first kappa shape index (κ1) is 16.1. The molecule has 2 N–H and O–H groups in total. The molecule has 2 rings (SSSR count). The number of nitrogens with zero attached hydrogens (tertiary/aromatic N) is 2. The van der Waals surface area contributed by atoms with Crippen LogP contribution in [0.2, 0.25) is 0 Å². The predicted molar refractivity (Wildman–Crippen MR) is 79.8 cm³/mol. The van der Waals surface area contributed by atoms with Crippen LogP contribution in [-0.2, 0) is 9.53 Å². The highest BCUT2D eigenvalue weighted by Gasteiger charge is 2.39. The van der Waals surface area contributed by atoms with Crippen LogP contribution in [0.25, 0.3) is 0 Å². The van der Waals surface area contributed by atoms with Gasteiger partial charge in [0.05, 0.1) is 0 Å². The molecular formula is C15H27N3O3. The van der Waals surface area contributed by atoms with Gasteiger partial charge in [0.25, 0.3) is 0 Å². The van der Waals surface area contributed by atoms with Crippen LogP contribution in [0.15, 0.2) is 0 Å². The Hall–Kier alpha value is -1.30. The van der Waals surface area contributed by atoms with Gasteiger partial charge >= 0.3 is 6.09 Å². The monoisotopic (exact) mass is 297 g/mol. The average molecular weight is 297 g/mol. The van der Waals surface area contributed by atoms with Gasteiger partial charge in [0.1, 0.15) is 11.6 Å². The van der Waals surface area contributed by atoms with E-state index >= 15 is 0 Å². The lowest BCUT2D eigenvalue weighted by atomic mass is 10.0. The molecule has 1 unspecified atom stereocenters. The van der Waals surface area contributed by atoms with E-state index in [1.165, 1.54) is 0 Å². The molecule has 0 aromatic rings. The van der Waals surface area contributed by atoms with Gasteiger partial charge in [-0.2, -0.15) is 0 Å². The third-order valence-corrected chi connectivity index (χ3v) is 4.02. The van der Waals surface area contributed by atoms with Crippen molar-refractivity contribution in [3.63, 3.8) is 0 Å². The summed E-state index contributed by atoms with van der Waals surface area (Å²) < 4.78 is 5.40. The fourth-order valence-electron chi connectivity index (χ4n) is 2.89. The molecule has 2 saturated heterocycles. The highest BCUT2D eigenvalue weighted by Crippen LogP contribution is 2.23. The Balaban J connectivity index is 1.98. The fourth-order valence-corrected chi connectivity index (χ4v) is 2.89. The standard InChI is InChI=1S/C15H27N3O3/c1-15(2,3)21-14(20)18-8-4-5-12(18)13(19)17-9-6-11(16)7-10-17/h11-12H,4-10,16H2,1-3H3. The van der Waals surface area contributed by atoms with Gasteiger partial charge in [0.15, 0.2) is 0 Å². The molecule has 0 aromatic heterocycles. The zero-order valence-corrected chi connectivity index (χ0v) is 13.3. The Kier molecular flexibility index (Phi) is 4.76. The molecule has 1 atom stereocenters. The van der Waals surface area contributed by atoms with Crippen LogP contribution < -0.4 is 5.73 Å². The summed E-state index contributed by atoms with van der Waals surface area (Å²) >= 11 is 0. The van der Waals surface area contributed by atoms with E-state index in [1.54, 1.807) is 4.90 Å². The molecule has 2 aliphatic heterocycles. The van der Waals surface area contributed by atoms with Crippen molar-refractivity contribution in [3.8, 4) is 0 Å². The minimum atomic E-state index is -0.537. The van der Waals surface area contributed by atoms with Crippen molar-refractivity contribution in [2.75, 3.05) is 19.6 Å². The number of carbonyl (C=O) groups excluding carboxylic acids is 2. The number of hydrogen-bond donors (Lipinski definition) is 1. The second kappa shape index (κ2) is 6.22. The van der Waals surface area contributed by atoms with E-state index in [1.807, 2.05) is 25.7 Å². The molecule has 0 aliphatic carbocycles. The first-order chi connectivity index (χ1) is 9.78. The molecule has 120 valence electrons. The predicted octanol–water partition coefficient (Wildman–Crippen LogP) is 1.34. The van der Waals surface area contributed by atoms with Gasteiger partial charge in [-0.05, 0) is 46.5 Å². The number of likely N-dealkylation sites (tertiary alicyclic amines) is 2. The summed E-state index contributed by atoms with van der Waals surface area (Å²) in [7, 11) is 0. The van der Waals surface area contributed by atoms with Crippen molar-refractivity contribution >= 4 is 12.0 Å². The highest BCUT2D eigenvalue weighted by molar-refractivity contribution is 5.86. The van der Waals surface area contributed by atoms with Gasteiger partial charge in [0.2, 0.25) is 5.91 Å². The summed E-state index contributed by atoms with van der Waals surface area (Å²) in [4.78, 5) is 28.3. The average Bonchev–Trinajstić information content (AvgIpc) is 2.86. The van der Waals surface area contributed by atoms with Gasteiger partial charge in [-0.25, -0.2) is 4.79 Å². The van der Waals surface area contributed by atoms with Gasteiger partial charge in [-0.3, -0.25) is 9.69 Å². The second-order valence-corrected chi connectivity index (χ2v) is 6.99. The molecule has 0 aromatic carbocycles. The van der Waals surface area contributed by atoms with Crippen molar-refractivity contribution < 1.29 is 14.3 Å². The minimum Gasteiger partial charge on any atom is -0.444 e. The lowest BCUT2D eigenvalue weighted by Gasteiger charge is -2.35. The molecule has 2 fully saturated rings. The molecule has 21 heavy (non-hydrogen) atoms. The van der Waals surface area contributed by atoms with Crippen molar-refractivity contribution in [3.05, 3.63) is 0 Å². The molecule has 2 aliphatic rings. The maximum atomic E-state index is 12.6. The van der Waals surface area contributed by atoms with Crippen LogP contribution in [-0.4, -0.2) is 59.1 Å². The first-order valence-electron chi connectivity index (χ1n) is 7.82. The summed E-state index contributed by atoms with van der Waals surface area (Å²) in [5, 5.41) is 0. The van der Waals surface area contributed by atoms with Gasteiger partial charge in [-0.15, -0.1) is 0 Å². The minimum absolute atomic E-state index is 0.0465. The van der Waals surface area contributed by atoms with E-state index in [0.717, 1.165) is 25.7 Å². The van der Waals surface area contributed by atoms with E-state index in [9.17, 15) is 9.59 Å². The van der Waals surface area contributed by atoms with Crippen molar-refractivity contribution in [1.29, 1.82) is 0 Å². The fraction of sp³-hybridized carbons (Fsp3) is 0.867. The summed E-state index contributed by atoms with van der Waals surface area (Å²) in [6.45, 7) is 7.49. The quantitative estimate of drug-likeness (QED) is 0.792. The lowest BCUT2D eigenvalue weighted by molar-refractivity contribution is -0.137. The maximum absolute atomic E-state index is 12.6. The van der Waals surface area contributed by atoms with E-state index in [0.29, 0.717) is 19.6 Å². The topological polar surface area (TPSA) is 75.9 Å². The van der Waals surface area contributed by atoms with Crippen LogP contribution in [0.3, 0.4) is 0 Å². The number of amides is 2. The van der Waals surface area contributed by atoms with Gasteiger partial charge < -0.3 is 15.4 Å². The summed E-state index contributed by atoms with van der Waals surface area (Å²) in [5.41, 5.74) is 5.34. The van der Waals surface area contributed by atoms with Crippen LogP contribution in [0, 0.1) is 0 Å². The third-order valence-electron chi connectivity index (χ3n) is 4.02. The molecule has 0 bridgehead atoms. The molecule has 0 saturated carbocycles. The first-order valence-corrected chi connectivity index (χ1v) is 7.82. The molecule has 6 heteroatoms. The number of carbonyl (C=O) groups is 2. The normalized spacial score (nSPS) is 24.3. The number of nitrogens with two attached hydrogens (primary N) is 1. The number of hydrogen-bond acceptors (Lipinski definition) is 4. The zero-order valence-electron chi connectivity index (χ0n) is 13.3. The lowest BCUT2D eigenvalue weighted by Crippen LogP contribution is -2.52. The molecular weight excluding hydrogens is 270 g/mol. The summed E-state index contributed by atoms with van der Waals surface area (Å²) in [5.74, 6) is 0.0465. The zero-order chi connectivity index (χ0) is 15.6. The van der Waals surface area contributed by atoms with Gasteiger partial charge in [-0.1, -0.05) is 0 Å². The van der Waals surface area contributed by atoms with Crippen LogP contribution in [0.1, 0.15) is 46.5 Å². The molecule has 2 heterocycles. The third kappa shape index (κ3) is 4.09. The number of piperidine rings is 1. The Morgan fingerprint density at radius 2 is 1.71 bits per heavy atom. The largest absolute Gasteiger partial charge is 0.444 e. The smallest absolute Gasteiger partial charge is 0.410 e. The van der Waals surface area contributed by atoms with Crippen LogP contribution in [0.5, 0.6) is 0 Å². The Morgan fingerprint density at radius 3 is 2.29 bits per heavy atom. The van der Waals surface area contributed by atoms with Crippen LogP contribution >= 0.6 is 0 Å².